The lowest BCUT2D eigenvalue weighted by molar-refractivity contribution is -0.139. The van der Waals surface area contributed by atoms with Gasteiger partial charge in [-0.05, 0) is 23.8 Å². The van der Waals surface area contributed by atoms with E-state index in [1.54, 1.807) is 30.3 Å². The normalized spacial score (nSPS) is 15.7. The summed E-state index contributed by atoms with van der Waals surface area (Å²) in [5.41, 5.74) is 5.76. The van der Waals surface area contributed by atoms with Gasteiger partial charge in [0.15, 0.2) is 0 Å². The van der Waals surface area contributed by atoms with E-state index in [9.17, 15) is 24.5 Å². The molecule has 1 heterocycles. The van der Waals surface area contributed by atoms with Crippen molar-refractivity contribution in [3.8, 4) is 12.1 Å². The molecule has 1 aliphatic heterocycles. The fraction of sp³-hybridized carbons (Fsp3) is 0.130. The van der Waals surface area contributed by atoms with Crippen molar-refractivity contribution in [3.63, 3.8) is 0 Å². The van der Waals surface area contributed by atoms with Gasteiger partial charge in [-0.3, -0.25) is 4.90 Å². The van der Waals surface area contributed by atoms with Gasteiger partial charge in [0.05, 0.1) is 54.7 Å². The predicted molar refractivity (Wildman–Crippen MR) is 111 cm³/mol. The molecule has 8 nitrogen and oxygen atoms in total. The van der Waals surface area contributed by atoms with Gasteiger partial charge in [-0.1, -0.05) is 30.3 Å². The molecule has 32 heavy (non-hydrogen) atoms. The van der Waals surface area contributed by atoms with Crippen molar-refractivity contribution in [1.82, 2.24) is 0 Å². The molecule has 0 aliphatic carbocycles. The standard InChI is InChI=1S/C23H17FN4O4/c1-31-22(29)19-18(14-6-4-3-5-7-14)15(12-26)21(27)28(20(19)23(30)32-2)17-10-13(11-25)8-9-16(17)24/h3-10,18H,27H2,1-2H3. The van der Waals surface area contributed by atoms with Crippen LogP contribution >= 0.6 is 0 Å². The molecule has 0 radical (unpaired) electrons. The average Bonchev–Trinajstić information content (AvgIpc) is 2.83. The minimum Gasteiger partial charge on any atom is -0.466 e. The number of esters is 2. The largest absolute Gasteiger partial charge is 0.466 e. The molecule has 2 aromatic rings. The van der Waals surface area contributed by atoms with Crippen LogP contribution in [0.25, 0.3) is 0 Å². The first kappa shape index (κ1) is 22.1. The molecule has 9 heteroatoms. The van der Waals surface area contributed by atoms with Gasteiger partial charge in [-0.25, -0.2) is 14.0 Å². The summed E-state index contributed by atoms with van der Waals surface area (Å²) in [6.45, 7) is 0. The lowest BCUT2D eigenvalue weighted by atomic mass is 9.81. The zero-order valence-corrected chi connectivity index (χ0v) is 17.1. The topological polar surface area (TPSA) is 129 Å². The number of rotatable bonds is 4. The number of allylic oxidation sites excluding steroid dienone is 1. The summed E-state index contributed by atoms with van der Waals surface area (Å²) < 4.78 is 24.6. The van der Waals surface area contributed by atoms with Gasteiger partial charge in [-0.2, -0.15) is 10.5 Å². The third kappa shape index (κ3) is 3.64. The number of halogens is 1. The first-order valence-electron chi connectivity index (χ1n) is 9.24. The Bertz CT molecular complexity index is 1240. The molecular formula is C23H17FN4O4. The number of carbonyl (C=O) groups is 2. The van der Waals surface area contributed by atoms with Gasteiger partial charge in [-0.15, -0.1) is 0 Å². The lowest BCUT2D eigenvalue weighted by Gasteiger charge is -2.36. The smallest absolute Gasteiger partial charge is 0.355 e. The van der Waals surface area contributed by atoms with Crippen molar-refractivity contribution in [2.75, 3.05) is 19.1 Å². The fourth-order valence-electron chi connectivity index (χ4n) is 3.52. The second-order valence-corrected chi connectivity index (χ2v) is 6.61. The second kappa shape index (κ2) is 9.02. The third-order valence-electron chi connectivity index (χ3n) is 4.93. The number of nitriles is 2. The minimum atomic E-state index is -1.07. The summed E-state index contributed by atoms with van der Waals surface area (Å²) in [6.07, 6.45) is 0. The molecule has 0 amide bonds. The van der Waals surface area contributed by atoms with Crippen LogP contribution in [0.3, 0.4) is 0 Å². The van der Waals surface area contributed by atoms with Gasteiger partial charge in [0.1, 0.15) is 17.3 Å². The van der Waals surface area contributed by atoms with E-state index >= 15 is 0 Å². The molecule has 0 aromatic heterocycles. The SMILES string of the molecule is COC(=O)C1=C(C(=O)OC)N(c2cc(C#N)ccc2F)C(N)=C(C#N)C1c1ccccc1. The molecule has 2 aromatic carbocycles. The molecule has 0 bridgehead atoms. The highest BCUT2D eigenvalue weighted by Gasteiger charge is 2.43. The summed E-state index contributed by atoms with van der Waals surface area (Å²) >= 11 is 0. The third-order valence-corrected chi connectivity index (χ3v) is 4.93. The molecule has 1 unspecified atom stereocenters. The Morgan fingerprint density at radius 3 is 2.25 bits per heavy atom. The van der Waals surface area contributed by atoms with Crippen molar-refractivity contribution in [2.24, 2.45) is 5.73 Å². The van der Waals surface area contributed by atoms with Crippen LogP contribution in [0.4, 0.5) is 10.1 Å². The highest BCUT2D eigenvalue weighted by Crippen LogP contribution is 2.43. The first-order valence-corrected chi connectivity index (χ1v) is 9.24. The second-order valence-electron chi connectivity index (χ2n) is 6.61. The number of ether oxygens (including phenoxy) is 2. The van der Waals surface area contributed by atoms with E-state index in [-0.39, 0.29) is 28.2 Å². The lowest BCUT2D eigenvalue weighted by Crippen LogP contribution is -2.41. The van der Waals surface area contributed by atoms with Crippen LogP contribution in [0.15, 0.2) is 71.2 Å². The van der Waals surface area contributed by atoms with E-state index in [2.05, 4.69) is 0 Å². The molecule has 2 N–H and O–H groups in total. The molecular weight excluding hydrogens is 415 g/mol. The molecule has 0 saturated carbocycles. The van der Waals surface area contributed by atoms with Crippen LogP contribution in [-0.4, -0.2) is 26.2 Å². The van der Waals surface area contributed by atoms with E-state index in [0.717, 1.165) is 31.3 Å². The van der Waals surface area contributed by atoms with Crippen molar-refractivity contribution in [3.05, 3.63) is 88.1 Å². The Hall–Kier alpha value is -4.63. The Labute approximate surface area is 183 Å². The summed E-state index contributed by atoms with van der Waals surface area (Å²) in [7, 11) is 2.20. The molecule has 1 aliphatic rings. The van der Waals surface area contributed by atoms with Crippen LogP contribution in [0, 0.1) is 28.5 Å². The van der Waals surface area contributed by atoms with Gasteiger partial charge >= 0.3 is 11.9 Å². The number of methoxy groups -OCH3 is 2. The maximum Gasteiger partial charge on any atom is 0.355 e. The predicted octanol–water partition coefficient (Wildman–Crippen LogP) is 2.60. The quantitative estimate of drug-likeness (QED) is 0.730. The molecule has 0 saturated heterocycles. The van der Waals surface area contributed by atoms with Crippen LogP contribution in [0.5, 0.6) is 0 Å². The molecule has 0 spiro atoms. The van der Waals surface area contributed by atoms with E-state index in [1.807, 2.05) is 12.1 Å². The van der Waals surface area contributed by atoms with Gasteiger partial charge in [0.25, 0.3) is 0 Å². The summed E-state index contributed by atoms with van der Waals surface area (Å²) in [4.78, 5) is 26.7. The maximum absolute atomic E-state index is 14.9. The Morgan fingerprint density at radius 1 is 1.03 bits per heavy atom. The highest BCUT2D eigenvalue weighted by molar-refractivity contribution is 6.06. The van der Waals surface area contributed by atoms with E-state index in [1.165, 1.54) is 6.07 Å². The Morgan fingerprint density at radius 2 is 1.69 bits per heavy atom. The van der Waals surface area contributed by atoms with Crippen LogP contribution in [0.2, 0.25) is 0 Å². The number of hydrogen-bond acceptors (Lipinski definition) is 8. The number of hydrogen-bond donors (Lipinski definition) is 1. The van der Waals surface area contributed by atoms with E-state index in [4.69, 9.17) is 15.2 Å². The van der Waals surface area contributed by atoms with Crippen molar-refractivity contribution in [2.45, 2.75) is 5.92 Å². The van der Waals surface area contributed by atoms with Crippen LogP contribution < -0.4 is 10.6 Å². The van der Waals surface area contributed by atoms with E-state index < -0.39 is 29.4 Å². The fourth-order valence-corrected chi connectivity index (χ4v) is 3.52. The summed E-state index contributed by atoms with van der Waals surface area (Å²) in [6, 6.07) is 15.7. The molecule has 3 rings (SSSR count). The maximum atomic E-state index is 14.9. The van der Waals surface area contributed by atoms with Gasteiger partial charge in [0.2, 0.25) is 0 Å². The first-order chi connectivity index (χ1) is 15.4. The monoisotopic (exact) mass is 432 g/mol. The zero-order valence-electron chi connectivity index (χ0n) is 17.1. The number of nitrogens with two attached hydrogens (primary N) is 1. The molecule has 0 fully saturated rings. The van der Waals surface area contributed by atoms with Crippen molar-refractivity contribution < 1.29 is 23.5 Å². The summed E-state index contributed by atoms with van der Waals surface area (Å²) in [5, 5.41) is 19.2. The van der Waals surface area contributed by atoms with Crippen LogP contribution in [0.1, 0.15) is 17.0 Å². The summed E-state index contributed by atoms with van der Waals surface area (Å²) in [5.74, 6) is -4.13. The Kier molecular flexibility index (Phi) is 6.22. The number of carbonyl (C=O) groups excluding carboxylic acids is 2. The van der Waals surface area contributed by atoms with Crippen molar-refractivity contribution >= 4 is 17.6 Å². The minimum absolute atomic E-state index is 0.0710. The van der Waals surface area contributed by atoms with Crippen molar-refractivity contribution in [1.29, 1.82) is 10.5 Å². The Balaban J connectivity index is 2.46. The zero-order chi connectivity index (χ0) is 23.4. The molecule has 160 valence electrons. The number of anilines is 1. The number of benzene rings is 2. The highest BCUT2D eigenvalue weighted by atomic mass is 19.1. The van der Waals surface area contributed by atoms with Gasteiger partial charge < -0.3 is 15.2 Å². The number of nitrogens with zero attached hydrogens (tertiary/aromatic N) is 3. The molecule has 1 atom stereocenters. The van der Waals surface area contributed by atoms with Crippen LogP contribution in [-0.2, 0) is 19.1 Å². The van der Waals surface area contributed by atoms with E-state index in [0.29, 0.717) is 5.56 Å². The van der Waals surface area contributed by atoms with Gasteiger partial charge in [0, 0.05) is 0 Å². The average molecular weight is 432 g/mol.